The molecule has 2 rings (SSSR count). The second-order valence-electron chi connectivity index (χ2n) is 5.64. The quantitative estimate of drug-likeness (QED) is 0.721. The highest BCUT2D eigenvalue weighted by Gasteiger charge is 2.06. The molecule has 0 aromatic heterocycles. The van der Waals surface area contributed by atoms with Crippen LogP contribution in [-0.4, -0.2) is 25.4 Å². The van der Waals surface area contributed by atoms with Crippen molar-refractivity contribution in [1.82, 2.24) is 10.6 Å². The molecule has 134 valence electrons. The second kappa shape index (κ2) is 8.94. The number of ether oxygens (including phenoxy) is 2. The molecule has 0 aliphatic rings. The average molecular weight is 344 g/mol. The van der Waals surface area contributed by atoms with Crippen LogP contribution in [0.15, 0.2) is 42.5 Å². The molecule has 6 nitrogen and oxygen atoms in total. The first-order valence-corrected chi connectivity index (χ1v) is 8.03. The summed E-state index contributed by atoms with van der Waals surface area (Å²) in [5.41, 5.74) is 2.72. The number of urea groups is 1. The van der Waals surface area contributed by atoms with Crippen molar-refractivity contribution in [2.75, 3.05) is 14.2 Å². The molecule has 25 heavy (non-hydrogen) atoms. The Labute approximate surface area is 147 Å². The van der Waals surface area contributed by atoms with Crippen LogP contribution in [0.4, 0.5) is 4.79 Å². The van der Waals surface area contributed by atoms with E-state index >= 15 is 0 Å². The monoisotopic (exact) mass is 344 g/mol. The summed E-state index contributed by atoms with van der Waals surface area (Å²) in [5, 5.41) is 15.1. The Morgan fingerprint density at radius 2 is 1.52 bits per heavy atom. The standard InChI is InChI=1S/C19H24N2O4/c1-13(22)16-7-4-14(5-8-16)11-20-19(23)21-12-15-6-9-17(24-2)18(10-15)25-3/h4-10,13,22H,11-12H2,1-3H3,(H2,20,21,23). The number of carbonyl (C=O) groups is 1. The number of rotatable bonds is 7. The maximum atomic E-state index is 11.9. The molecule has 2 aromatic rings. The van der Waals surface area contributed by atoms with Crippen LogP contribution in [0.5, 0.6) is 11.5 Å². The number of aliphatic hydroxyl groups is 1. The van der Waals surface area contributed by atoms with Gasteiger partial charge in [-0.25, -0.2) is 4.79 Å². The van der Waals surface area contributed by atoms with Gasteiger partial charge in [-0.1, -0.05) is 30.3 Å². The van der Waals surface area contributed by atoms with Crippen molar-refractivity contribution < 1.29 is 19.4 Å². The van der Waals surface area contributed by atoms with Crippen molar-refractivity contribution in [3.63, 3.8) is 0 Å². The summed E-state index contributed by atoms with van der Waals surface area (Å²) in [6, 6.07) is 12.7. The Hall–Kier alpha value is -2.73. The zero-order valence-corrected chi connectivity index (χ0v) is 14.7. The SMILES string of the molecule is COc1ccc(CNC(=O)NCc2ccc(C(C)O)cc2)cc1OC. The van der Waals surface area contributed by atoms with E-state index in [-0.39, 0.29) is 6.03 Å². The van der Waals surface area contributed by atoms with Crippen LogP contribution in [-0.2, 0) is 13.1 Å². The van der Waals surface area contributed by atoms with Gasteiger partial charge in [-0.15, -0.1) is 0 Å². The third-order valence-electron chi connectivity index (χ3n) is 3.82. The molecule has 0 saturated heterocycles. The first-order valence-electron chi connectivity index (χ1n) is 8.03. The maximum absolute atomic E-state index is 11.9. The highest BCUT2D eigenvalue weighted by atomic mass is 16.5. The Morgan fingerprint density at radius 3 is 2.08 bits per heavy atom. The number of hydrogen-bond acceptors (Lipinski definition) is 4. The highest BCUT2D eigenvalue weighted by Crippen LogP contribution is 2.27. The third kappa shape index (κ3) is 5.39. The number of nitrogens with one attached hydrogen (secondary N) is 2. The van der Waals surface area contributed by atoms with E-state index in [2.05, 4.69) is 10.6 Å². The van der Waals surface area contributed by atoms with Gasteiger partial charge in [0.05, 0.1) is 20.3 Å². The van der Waals surface area contributed by atoms with E-state index in [1.165, 1.54) is 0 Å². The molecule has 0 heterocycles. The van der Waals surface area contributed by atoms with Crippen molar-refractivity contribution >= 4 is 6.03 Å². The van der Waals surface area contributed by atoms with E-state index in [1.807, 2.05) is 36.4 Å². The van der Waals surface area contributed by atoms with Crippen molar-refractivity contribution in [1.29, 1.82) is 0 Å². The Kier molecular flexibility index (Phi) is 6.65. The lowest BCUT2D eigenvalue weighted by Gasteiger charge is -2.11. The number of aliphatic hydroxyl groups excluding tert-OH is 1. The van der Waals surface area contributed by atoms with Crippen LogP contribution in [0, 0.1) is 0 Å². The van der Waals surface area contributed by atoms with Crippen LogP contribution in [0.1, 0.15) is 29.7 Å². The van der Waals surface area contributed by atoms with Crippen molar-refractivity contribution in [2.24, 2.45) is 0 Å². The molecule has 2 amide bonds. The number of amides is 2. The van der Waals surface area contributed by atoms with Crippen LogP contribution in [0.25, 0.3) is 0 Å². The van der Waals surface area contributed by atoms with E-state index in [9.17, 15) is 9.90 Å². The van der Waals surface area contributed by atoms with Gasteiger partial charge in [0.15, 0.2) is 11.5 Å². The number of benzene rings is 2. The van der Waals surface area contributed by atoms with Crippen molar-refractivity contribution in [3.05, 3.63) is 59.2 Å². The minimum Gasteiger partial charge on any atom is -0.493 e. The zero-order chi connectivity index (χ0) is 18.2. The maximum Gasteiger partial charge on any atom is 0.315 e. The lowest BCUT2D eigenvalue weighted by atomic mass is 10.1. The summed E-state index contributed by atoms with van der Waals surface area (Å²) in [5.74, 6) is 1.27. The van der Waals surface area contributed by atoms with E-state index < -0.39 is 6.10 Å². The highest BCUT2D eigenvalue weighted by molar-refractivity contribution is 5.73. The molecule has 0 aliphatic carbocycles. The Morgan fingerprint density at radius 1 is 0.960 bits per heavy atom. The fourth-order valence-corrected chi connectivity index (χ4v) is 2.33. The normalized spacial score (nSPS) is 11.5. The molecule has 0 spiro atoms. The summed E-state index contributed by atoms with van der Waals surface area (Å²) in [4.78, 5) is 11.9. The number of carbonyl (C=O) groups excluding carboxylic acids is 1. The molecule has 0 saturated carbocycles. The molecule has 1 unspecified atom stereocenters. The summed E-state index contributed by atoms with van der Waals surface area (Å²) in [6.45, 7) is 2.51. The summed E-state index contributed by atoms with van der Waals surface area (Å²) >= 11 is 0. The summed E-state index contributed by atoms with van der Waals surface area (Å²) < 4.78 is 10.4. The fraction of sp³-hybridized carbons (Fsp3) is 0.316. The summed E-state index contributed by atoms with van der Waals surface area (Å²) in [7, 11) is 3.15. The summed E-state index contributed by atoms with van der Waals surface area (Å²) in [6.07, 6.45) is -0.494. The molecule has 0 bridgehead atoms. The predicted molar refractivity (Wildman–Crippen MR) is 95.7 cm³/mol. The lowest BCUT2D eigenvalue weighted by molar-refractivity contribution is 0.199. The van der Waals surface area contributed by atoms with Crippen LogP contribution in [0.3, 0.4) is 0 Å². The third-order valence-corrected chi connectivity index (χ3v) is 3.82. The molecule has 0 aliphatic heterocycles. The van der Waals surface area contributed by atoms with Crippen LogP contribution in [0.2, 0.25) is 0 Å². The molecule has 0 radical (unpaired) electrons. The van der Waals surface area contributed by atoms with Crippen LogP contribution < -0.4 is 20.1 Å². The number of hydrogen-bond donors (Lipinski definition) is 3. The zero-order valence-electron chi connectivity index (χ0n) is 14.7. The molecular weight excluding hydrogens is 320 g/mol. The minimum atomic E-state index is -0.494. The minimum absolute atomic E-state index is 0.255. The molecular formula is C19H24N2O4. The van der Waals surface area contributed by atoms with Gasteiger partial charge in [-0.2, -0.15) is 0 Å². The van der Waals surface area contributed by atoms with Gasteiger partial charge in [0.2, 0.25) is 0 Å². The van der Waals surface area contributed by atoms with Crippen molar-refractivity contribution in [2.45, 2.75) is 26.1 Å². The van der Waals surface area contributed by atoms with Gasteiger partial charge < -0.3 is 25.2 Å². The first-order chi connectivity index (χ1) is 12.0. The van der Waals surface area contributed by atoms with E-state index in [4.69, 9.17) is 9.47 Å². The molecule has 3 N–H and O–H groups in total. The van der Waals surface area contributed by atoms with Gasteiger partial charge in [-0.3, -0.25) is 0 Å². The largest absolute Gasteiger partial charge is 0.493 e. The molecule has 0 fully saturated rings. The van der Waals surface area contributed by atoms with Crippen LogP contribution >= 0.6 is 0 Å². The van der Waals surface area contributed by atoms with Gasteiger partial charge in [0.25, 0.3) is 0 Å². The van der Waals surface area contributed by atoms with E-state index in [0.717, 1.165) is 16.7 Å². The van der Waals surface area contributed by atoms with Gasteiger partial charge in [-0.05, 0) is 35.7 Å². The second-order valence-corrected chi connectivity index (χ2v) is 5.64. The predicted octanol–water partition coefficient (Wildman–Crippen LogP) is 2.76. The Balaban J connectivity index is 1.82. The molecule has 1 atom stereocenters. The Bertz CT molecular complexity index is 699. The molecule has 2 aromatic carbocycles. The van der Waals surface area contributed by atoms with E-state index in [0.29, 0.717) is 24.6 Å². The smallest absolute Gasteiger partial charge is 0.315 e. The van der Waals surface area contributed by atoms with Gasteiger partial charge in [0, 0.05) is 13.1 Å². The van der Waals surface area contributed by atoms with Crippen molar-refractivity contribution in [3.8, 4) is 11.5 Å². The average Bonchev–Trinajstić information content (AvgIpc) is 2.64. The lowest BCUT2D eigenvalue weighted by Crippen LogP contribution is -2.34. The molecule has 6 heteroatoms. The fourth-order valence-electron chi connectivity index (χ4n) is 2.33. The van der Waals surface area contributed by atoms with Gasteiger partial charge in [0.1, 0.15) is 0 Å². The topological polar surface area (TPSA) is 79.8 Å². The van der Waals surface area contributed by atoms with Gasteiger partial charge >= 0.3 is 6.03 Å². The number of methoxy groups -OCH3 is 2. The van der Waals surface area contributed by atoms with E-state index in [1.54, 1.807) is 27.2 Å². The first kappa shape index (κ1) is 18.6.